The molecule has 1 aromatic heterocycles. The molecule has 1 fully saturated rings. The van der Waals surface area contributed by atoms with Gasteiger partial charge < -0.3 is 10.1 Å². The maximum absolute atomic E-state index is 14.5. The number of carbonyl (C=O) groups excluding carboxylic acids is 1. The SMILES string of the molecule is CCN1CCO[C@H](C(=O)Nc2ccc(-n3nc(C)cc3C)c(F)c2)C1. The van der Waals surface area contributed by atoms with Gasteiger partial charge in [0.2, 0.25) is 0 Å². The molecule has 1 aliphatic heterocycles. The van der Waals surface area contributed by atoms with Gasteiger partial charge in [-0.3, -0.25) is 9.69 Å². The number of carbonyl (C=O) groups is 1. The van der Waals surface area contributed by atoms with E-state index in [0.29, 0.717) is 24.5 Å². The maximum atomic E-state index is 14.5. The molecule has 0 bridgehead atoms. The van der Waals surface area contributed by atoms with Gasteiger partial charge in [0.05, 0.1) is 12.3 Å². The first-order valence-corrected chi connectivity index (χ1v) is 8.46. The van der Waals surface area contributed by atoms with Crippen molar-refractivity contribution in [1.82, 2.24) is 14.7 Å². The zero-order valence-electron chi connectivity index (χ0n) is 14.8. The number of aryl methyl sites for hydroxylation is 2. The highest BCUT2D eigenvalue weighted by molar-refractivity contribution is 5.94. The minimum atomic E-state index is -0.535. The van der Waals surface area contributed by atoms with Crippen LogP contribution in [0.3, 0.4) is 0 Å². The quantitative estimate of drug-likeness (QED) is 0.923. The first-order valence-electron chi connectivity index (χ1n) is 8.46. The fraction of sp³-hybridized carbons (Fsp3) is 0.444. The van der Waals surface area contributed by atoms with Crippen LogP contribution in [-0.2, 0) is 9.53 Å². The summed E-state index contributed by atoms with van der Waals surface area (Å²) in [6.07, 6.45) is -0.535. The Kier molecular flexibility index (Phi) is 5.15. The van der Waals surface area contributed by atoms with E-state index in [9.17, 15) is 9.18 Å². The number of morpholine rings is 1. The Bertz CT molecular complexity index is 774. The lowest BCUT2D eigenvalue weighted by atomic mass is 10.2. The number of anilines is 1. The number of nitrogens with one attached hydrogen (secondary N) is 1. The van der Waals surface area contributed by atoms with E-state index in [1.807, 2.05) is 26.8 Å². The second-order valence-corrected chi connectivity index (χ2v) is 6.25. The van der Waals surface area contributed by atoms with Gasteiger partial charge in [0.15, 0.2) is 5.82 Å². The second kappa shape index (κ2) is 7.33. The van der Waals surface area contributed by atoms with Gasteiger partial charge in [-0.1, -0.05) is 6.92 Å². The summed E-state index contributed by atoms with van der Waals surface area (Å²) in [5, 5.41) is 7.02. The Morgan fingerprint density at radius 3 is 2.84 bits per heavy atom. The number of aromatic nitrogens is 2. The second-order valence-electron chi connectivity index (χ2n) is 6.25. The summed E-state index contributed by atoms with van der Waals surface area (Å²) in [7, 11) is 0. The van der Waals surface area contributed by atoms with Crippen molar-refractivity contribution < 1.29 is 13.9 Å². The predicted molar refractivity (Wildman–Crippen MR) is 93.5 cm³/mol. The molecule has 0 aliphatic carbocycles. The summed E-state index contributed by atoms with van der Waals surface area (Å²) in [5.74, 6) is -0.694. The summed E-state index contributed by atoms with van der Waals surface area (Å²) >= 11 is 0. The zero-order valence-corrected chi connectivity index (χ0v) is 14.8. The number of benzene rings is 1. The molecule has 2 aromatic rings. The lowest BCUT2D eigenvalue weighted by Crippen LogP contribution is -2.47. The number of halogens is 1. The summed E-state index contributed by atoms with van der Waals surface area (Å²) < 4.78 is 21.6. The lowest BCUT2D eigenvalue weighted by molar-refractivity contribution is -0.132. The van der Waals surface area contributed by atoms with Crippen molar-refractivity contribution in [1.29, 1.82) is 0 Å². The van der Waals surface area contributed by atoms with Crippen molar-refractivity contribution in [3.05, 3.63) is 41.5 Å². The van der Waals surface area contributed by atoms with E-state index in [1.165, 1.54) is 6.07 Å². The molecule has 1 N–H and O–H groups in total. The van der Waals surface area contributed by atoms with Crippen LogP contribution in [0.4, 0.5) is 10.1 Å². The topological polar surface area (TPSA) is 59.4 Å². The molecule has 3 rings (SSSR count). The van der Waals surface area contributed by atoms with Gasteiger partial charge in [-0.2, -0.15) is 5.10 Å². The number of hydrogen-bond acceptors (Lipinski definition) is 4. The number of hydrogen-bond donors (Lipinski definition) is 1. The number of ether oxygens (including phenoxy) is 1. The number of nitrogens with zero attached hydrogens (tertiary/aromatic N) is 3. The van der Waals surface area contributed by atoms with Crippen molar-refractivity contribution in [2.75, 3.05) is 31.6 Å². The minimum absolute atomic E-state index is 0.253. The molecule has 6 nitrogen and oxygen atoms in total. The molecule has 1 aromatic carbocycles. The van der Waals surface area contributed by atoms with Crippen LogP contribution >= 0.6 is 0 Å². The highest BCUT2D eigenvalue weighted by atomic mass is 19.1. The smallest absolute Gasteiger partial charge is 0.254 e. The normalized spacial score (nSPS) is 18.3. The average Bonchev–Trinajstić information content (AvgIpc) is 2.93. The molecular weight excluding hydrogens is 323 g/mol. The van der Waals surface area contributed by atoms with Crippen LogP contribution in [0.1, 0.15) is 18.3 Å². The summed E-state index contributed by atoms with van der Waals surface area (Å²) in [4.78, 5) is 14.5. The van der Waals surface area contributed by atoms with E-state index >= 15 is 0 Å². The summed E-state index contributed by atoms with van der Waals surface area (Å²) in [6, 6.07) is 6.48. The van der Waals surface area contributed by atoms with Crippen LogP contribution in [0.25, 0.3) is 5.69 Å². The monoisotopic (exact) mass is 346 g/mol. The number of rotatable bonds is 4. The molecule has 1 amide bonds. The van der Waals surface area contributed by atoms with E-state index < -0.39 is 11.9 Å². The van der Waals surface area contributed by atoms with Gasteiger partial charge >= 0.3 is 0 Å². The largest absolute Gasteiger partial charge is 0.366 e. The zero-order chi connectivity index (χ0) is 18.0. The molecule has 0 radical (unpaired) electrons. The highest BCUT2D eigenvalue weighted by Gasteiger charge is 2.26. The molecule has 0 spiro atoms. The van der Waals surface area contributed by atoms with Gasteiger partial charge in [0, 0.05) is 24.5 Å². The third-order valence-electron chi connectivity index (χ3n) is 4.34. The van der Waals surface area contributed by atoms with Gasteiger partial charge in [-0.15, -0.1) is 0 Å². The van der Waals surface area contributed by atoms with Gasteiger partial charge in [0.25, 0.3) is 5.91 Å². The first kappa shape index (κ1) is 17.6. The standard InChI is InChI=1S/C18H23FN4O2/c1-4-22-7-8-25-17(11-22)18(24)20-14-5-6-16(15(19)10-14)23-13(3)9-12(2)21-23/h5-6,9-10,17H,4,7-8,11H2,1-3H3,(H,20,24)/t17-/m0/s1. The Labute approximate surface area is 146 Å². The van der Waals surface area contributed by atoms with Crippen LogP contribution in [-0.4, -0.2) is 52.9 Å². The van der Waals surface area contributed by atoms with Crippen LogP contribution < -0.4 is 5.32 Å². The van der Waals surface area contributed by atoms with Crippen molar-refractivity contribution in [2.45, 2.75) is 26.9 Å². The van der Waals surface area contributed by atoms with E-state index in [1.54, 1.807) is 16.8 Å². The first-order chi connectivity index (χ1) is 12.0. The van der Waals surface area contributed by atoms with Crippen molar-refractivity contribution in [3.63, 3.8) is 0 Å². The van der Waals surface area contributed by atoms with Crippen molar-refractivity contribution >= 4 is 11.6 Å². The molecule has 0 saturated carbocycles. The molecule has 2 heterocycles. The molecular formula is C18H23FN4O2. The average molecular weight is 346 g/mol. The Morgan fingerprint density at radius 1 is 1.40 bits per heavy atom. The molecule has 1 aliphatic rings. The molecule has 134 valence electrons. The van der Waals surface area contributed by atoms with Crippen LogP contribution in [0, 0.1) is 19.7 Å². The number of likely N-dealkylation sites (N-methyl/N-ethyl adjacent to an activating group) is 1. The highest BCUT2D eigenvalue weighted by Crippen LogP contribution is 2.20. The van der Waals surface area contributed by atoms with E-state index in [-0.39, 0.29) is 5.91 Å². The van der Waals surface area contributed by atoms with Gasteiger partial charge in [-0.05, 0) is 44.7 Å². The molecule has 1 saturated heterocycles. The molecule has 7 heteroatoms. The molecule has 25 heavy (non-hydrogen) atoms. The van der Waals surface area contributed by atoms with Gasteiger partial charge in [0.1, 0.15) is 11.8 Å². The van der Waals surface area contributed by atoms with E-state index in [0.717, 1.165) is 24.5 Å². The maximum Gasteiger partial charge on any atom is 0.254 e. The summed E-state index contributed by atoms with van der Waals surface area (Å²) in [5.41, 5.74) is 2.44. The summed E-state index contributed by atoms with van der Waals surface area (Å²) in [6.45, 7) is 8.55. The predicted octanol–water partition coefficient (Wildman–Crippen LogP) is 2.29. The van der Waals surface area contributed by atoms with Crippen molar-refractivity contribution in [3.8, 4) is 5.69 Å². The van der Waals surface area contributed by atoms with Crippen LogP contribution in [0.15, 0.2) is 24.3 Å². The van der Waals surface area contributed by atoms with E-state index in [2.05, 4.69) is 15.3 Å². The Balaban J connectivity index is 1.72. The molecule has 1 atom stereocenters. The van der Waals surface area contributed by atoms with E-state index in [4.69, 9.17) is 4.74 Å². The fourth-order valence-electron chi connectivity index (χ4n) is 3.00. The lowest BCUT2D eigenvalue weighted by Gasteiger charge is -2.31. The Hall–Kier alpha value is -2.25. The third kappa shape index (κ3) is 3.88. The van der Waals surface area contributed by atoms with Crippen LogP contribution in [0.2, 0.25) is 0 Å². The molecule has 0 unspecified atom stereocenters. The van der Waals surface area contributed by atoms with Gasteiger partial charge in [-0.25, -0.2) is 9.07 Å². The number of amides is 1. The van der Waals surface area contributed by atoms with Crippen molar-refractivity contribution in [2.24, 2.45) is 0 Å². The van der Waals surface area contributed by atoms with Crippen LogP contribution in [0.5, 0.6) is 0 Å². The minimum Gasteiger partial charge on any atom is -0.366 e. The Morgan fingerprint density at radius 2 is 2.20 bits per heavy atom. The fourth-order valence-corrected chi connectivity index (χ4v) is 3.00. The third-order valence-corrected chi connectivity index (χ3v) is 4.34.